The number of nitrogens with two attached hydrogens (primary N) is 1. The van der Waals surface area contributed by atoms with Crippen molar-refractivity contribution >= 4 is 65.2 Å². The number of hydrogen-bond acceptors (Lipinski definition) is 6. The molecule has 0 aliphatic carbocycles. The number of ketones is 1. The molecule has 4 N–H and O–H groups in total. The predicted molar refractivity (Wildman–Crippen MR) is 157 cm³/mol. The Bertz CT molecular complexity index is 1150. The number of Topliss-reactive ketones (excluding diaryl/α,β-unsaturated/α-hetero) is 1. The van der Waals surface area contributed by atoms with E-state index in [0.29, 0.717) is 35.4 Å². The average Bonchev–Trinajstić information content (AvgIpc) is 2.88. The third-order valence-corrected chi connectivity index (χ3v) is 6.90. The molecule has 3 unspecified atom stereocenters. The molecule has 0 amide bonds. The molecule has 37 heavy (non-hydrogen) atoms. The van der Waals surface area contributed by atoms with Crippen LogP contribution in [0.25, 0.3) is 0 Å². The number of carbonyl (C=O) groups is 1. The molecule has 0 aromatic heterocycles. The van der Waals surface area contributed by atoms with Gasteiger partial charge in [-0.2, -0.15) is 0 Å². The summed E-state index contributed by atoms with van der Waals surface area (Å²) in [5.41, 5.74) is 9.78. The van der Waals surface area contributed by atoms with Crippen LogP contribution in [0.3, 0.4) is 0 Å². The van der Waals surface area contributed by atoms with Gasteiger partial charge < -0.3 is 15.4 Å². The van der Waals surface area contributed by atoms with Crippen molar-refractivity contribution < 1.29 is 9.53 Å². The van der Waals surface area contributed by atoms with Crippen molar-refractivity contribution in [1.29, 1.82) is 0 Å². The van der Waals surface area contributed by atoms with E-state index in [1.54, 1.807) is 19.1 Å². The Morgan fingerprint density at radius 2 is 1.76 bits per heavy atom. The molecule has 1 saturated heterocycles. The predicted octanol–water partition coefficient (Wildman–Crippen LogP) is 5.49. The molecular weight excluding hydrogens is 554 g/mol. The highest BCUT2D eigenvalue weighted by Crippen LogP contribution is 2.28. The van der Waals surface area contributed by atoms with Gasteiger partial charge in [0.1, 0.15) is 12.1 Å². The van der Waals surface area contributed by atoms with Crippen LogP contribution in [-0.4, -0.2) is 37.2 Å². The molecule has 1 aliphatic rings. The topological polar surface area (TPSA) is 79.6 Å². The number of piperazine rings is 1. The van der Waals surface area contributed by atoms with Crippen LogP contribution in [0.1, 0.15) is 18.1 Å². The summed E-state index contributed by atoms with van der Waals surface area (Å²) >= 11 is 12.1. The molecule has 4 rings (SSSR count). The summed E-state index contributed by atoms with van der Waals surface area (Å²) in [6.45, 7) is 4.02. The van der Waals surface area contributed by atoms with Gasteiger partial charge in [0, 0.05) is 19.6 Å². The minimum absolute atomic E-state index is 0. The van der Waals surface area contributed by atoms with E-state index in [4.69, 9.17) is 33.7 Å². The Morgan fingerprint density at radius 3 is 2.46 bits per heavy atom. The lowest BCUT2D eigenvalue weighted by atomic mass is 9.99. The third kappa shape index (κ3) is 7.98. The first-order chi connectivity index (χ1) is 16.9. The lowest BCUT2D eigenvalue weighted by Crippen LogP contribution is -2.67. The van der Waals surface area contributed by atoms with E-state index in [1.165, 1.54) is 0 Å². The molecule has 0 radical (unpaired) electrons. The van der Waals surface area contributed by atoms with Crippen LogP contribution in [0.2, 0.25) is 10.0 Å². The van der Waals surface area contributed by atoms with E-state index >= 15 is 0 Å². The van der Waals surface area contributed by atoms with E-state index in [1.807, 2.05) is 48.5 Å². The summed E-state index contributed by atoms with van der Waals surface area (Å²) in [7, 11) is 0. The van der Waals surface area contributed by atoms with Crippen LogP contribution < -0.4 is 21.3 Å². The molecule has 10 heteroatoms. The number of nitrogens with zero attached hydrogens (tertiary/aromatic N) is 1. The first-order valence-corrected chi connectivity index (χ1v) is 12.4. The second-order valence-electron chi connectivity index (χ2n) is 8.60. The van der Waals surface area contributed by atoms with Gasteiger partial charge in [0.25, 0.3) is 0 Å². The number of carbonyl (C=O) groups excluding carboxylic acids is 1. The number of nitrogens with one attached hydrogen (secondary N) is 2. The fourth-order valence-corrected chi connectivity index (χ4v) is 4.61. The van der Waals surface area contributed by atoms with E-state index in [9.17, 15) is 4.79 Å². The minimum Gasteiger partial charge on any atom is -0.397 e. The van der Waals surface area contributed by atoms with E-state index in [-0.39, 0.29) is 43.4 Å². The van der Waals surface area contributed by atoms with Crippen molar-refractivity contribution in [3.8, 4) is 0 Å². The van der Waals surface area contributed by atoms with Crippen LogP contribution in [0.5, 0.6) is 0 Å². The highest BCUT2D eigenvalue weighted by molar-refractivity contribution is 6.42. The summed E-state index contributed by atoms with van der Waals surface area (Å²) in [5.74, 6) is -0.0360. The quantitative estimate of drug-likeness (QED) is 0.288. The maximum Gasteiger partial charge on any atom is 0.186 e. The fourth-order valence-electron chi connectivity index (χ4n) is 4.29. The van der Waals surface area contributed by atoms with Crippen LogP contribution >= 0.6 is 48.0 Å². The number of benzene rings is 3. The Hall–Kier alpha value is -2.03. The van der Waals surface area contributed by atoms with Crippen LogP contribution in [-0.2, 0) is 22.7 Å². The minimum atomic E-state index is -0.650. The molecule has 1 fully saturated rings. The Morgan fingerprint density at radius 1 is 1.05 bits per heavy atom. The van der Waals surface area contributed by atoms with E-state index in [2.05, 4.69) is 27.7 Å². The highest BCUT2D eigenvalue weighted by atomic mass is 35.5. The van der Waals surface area contributed by atoms with Gasteiger partial charge in [-0.05, 0) is 42.3 Å². The Balaban J connectivity index is 0.00000241. The zero-order valence-electron chi connectivity index (χ0n) is 20.4. The van der Waals surface area contributed by atoms with Crippen molar-refractivity contribution in [3.05, 3.63) is 94.0 Å². The second-order valence-corrected chi connectivity index (χ2v) is 9.41. The number of para-hydroxylation sites is 2. The summed E-state index contributed by atoms with van der Waals surface area (Å²) in [5, 5.41) is 7.95. The molecule has 0 saturated carbocycles. The average molecular weight is 586 g/mol. The molecule has 3 atom stereocenters. The largest absolute Gasteiger partial charge is 0.397 e. The number of nitrogen functional groups attached to an aromatic ring is 1. The number of rotatable bonds is 9. The van der Waals surface area contributed by atoms with Gasteiger partial charge in [-0.25, -0.2) is 0 Å². The van der Waals surface area contributed by atoms with Crippen molar-refractivity contribution in [2.75, 3.05) is 23.7 Å². The summed E-state index contributed by atoms with van der Waals surface area (Å²) in [6.07, 6.45) is -0.935. The smallest absolute Gasteiger partial charge is 0.186 e. The number of ether oxygens (including phenoxy) is 1. The highest BCUT2D eigenvalue weighted by Gasteiger charge is 2.39. The van der Waals surface area contributed by atoms with Crippen molar-refractivity contribution in [1.82, 2.24) is 10.6 Å². The van der Waals surface area contributed by atoms with Gasteiger partial charge in [-0.1, -0.05) is 71.7 Å². The molecular formula is C27H32Cl4N4O2. The van der Waals surface area contributed by atoms with Gasteiger partial charge in [0.05, 0.1) is 34.2 Å². The molecule has 3 aromatic carbocycles. The SMILES string of the molecule is CC(OCc1ccc(Cl)c(Cl)c1)C(=O)C1C(NCc2ccccc2)NCCN1c1ccccc1N.Cl.Cl. The van der Waals surface area contributed by atoms with Crippen molar-refractivity contribution in [2.45, 2.75) is 38.4 Å². The first-order valence-electron chi connectivity index (χ1n) is 11.6. The maximum atomic E-state index is 13.8. The van der Waals surface area contributed by atoms with Gasteiger partial charge in [0.15, 0.2) is 5.78 Å². The Labute approximate surface area is 240 Å². The molecule has 200 valence electrons. The second kappa shape index (κ2) is 14.8. The van der Waals surface area contributed by atoms with E-state index in [0.717, 1.165) is 16.8 Å². The van der Waals surface area contributed by atoms with Gasteiger partial charge in [0.2, 0.25) is 0 Å². The number of halogens is 4. The summed E-state index contributed by atoms with van der Waals surface area (Å²) < 4.78 is 6.00. The van der Waals surface area contributed by atoms with Crippen molar-refractivity contribution in [3.63, 3.8) is 0 Å². The fraction of sp³-hybridized carbons (Fsp3) is 0.296. The molecule has 3 aromatic rings. The maximum absolute atomic E-state index is 13.8. The van der Waals surface area contributed by atoms with Gasteiger partial charge in [-0.3, -0.25) is 15.4 Å². The first kappa shape index (κ1) is 31.2. The molecule has 1 heterocycles. The van der Waals surface area contributed by atoms with Crippen molar-refractivity contribution in [2.24, 2.45) is 0 Å². The van der Waals surface area contributed by atoms with Gasteiger partial charge >= 0.3 is 0 Å². The number of anilines is 2. The molecule has 0 spiro atoms. The summed E-state index contributed by atoms with van der Waals surface area (Å²) in [4.78, 5) is 15.9. The zero-order valence-corrected chi connectivity index (χ0v) is 23.5. The van der Waals surface area contributed by atoms with E-state index < -0.39 is 12.1 Å². The lowest BCUT2D eigenvalue weighted by molar-refractivity contribution is -0.132. The van der Waals surface area contributed by atoms with Crippen LogP contribution in [0.4, 0.5) is 11.4 Å². The summed E-state index contributed by atoms with van der Waals surface area (Å²) in [6, 6.07) is 22.6. The molecule has 1 aliphatic heterocycles. The standard InChI is InChI=1S/C27H30Cl2N4O2.2ClH/c1-18(35-17-20-11-12-21(28)22(29)15-20)26(34)25-27(32-16-19-7-3-2-4-8-19)31-13-14-33(25)24-10-6-5-9-23(24)30;;/h2-12,15,18,25,27,31-32H,13-14,16-17,30H2,1H3;2*1H. The monoisotopic (exact) mass is 584 g/mol. The number of hydrogen-bond donors (Lipinski definition) is 3. The normalized spacial score (nSPS) is 17.9. The van der Waals surface area contributed by atoms with Crippen LogP contribution in [0, 0.1) is 0 Å². The molecule has 6 nitrogen and oxygen atoms in total. The lowest BCUT2D eigenvalue weighted by Gasteiger charge is -2.44. The Kier molecular flexibility index (Phi) is 12.5. The third-order valence-electron chi connectivity index (χ3n) is 6.16. The van der Waals surface area contributed by atoms with Gasteiger partial charge in [-0.15, -0.1) is 24.8 Å². The van der Waals surface area contributed by atoms with Crippen LogP contribution in [0.15, 0.2) is 72.8 Å². The molecule has 0 bridgehead atoms. The zero-order chi connectivity index (χ0) is 24.8.